The van der Waals surface area contributed by atoms with Crippen LogP contribution in [0, 0.1) is 12.8 Å². The minimum atomic E-state index is -0.785. The second-order valence-electron chi connectivity index (χ2n) is 3.35. The van der Waals surface area contributed by atoms with Gasteiger partial charge in [0.05, 0.1) is 22.6 Å². The van der Waals surface area contributed by atoms with Gasteiger partial charge < -0.3 is 10.4 Å². The van der Waals surface area contributed by atoms with E-state index in [1.807, 2.05) is 6.92 Å². The number of carboxylic acid groups (broad SMARTS) is 1. The molecule has 0 radical (unpaired) electrons. The molecular weight excluding hydrogens is 250 g/mol. The number of halogens is 1. The van der Waals surface area contributed by atoms with Gasteiger partial charge in [0.15, 0.2) is 0 Å². The summed E-state index contributed by atoms with van der Waals surface area (Å²) in [6, 6.07) is 0. The summed E-state index contributed by atoms with van der Waals surface area (Å²) in [5.74, 6) is -0.305. The van der Waals surface area contributed by atoms with Crippen molar-refractivity contribution in [3.63, 3.8) is 0 Å². The van der Waals surface area contributed by atoms with Crippen molar-refractivity contribution in [2.24, 2.45) is 5.92 Å². The van der Waals surface area contributed by atoms with Gasteiger partial charge in [-0.15, -0.1) is 0 Å². The predicted molar refractivity (Wildman–Crippen MR) is 54.3 cm³/mol. The quantitative estimate of drug-likeness (QED) is 0.792. The van der Waals surface area contributed by atoms with Gasteiger partial charge in [0.1, 0.15) is 5.82 Å². The molecule has 1 aliphatic heterocycles. The molecule has 2 rings (SSSR count). The summed E-state index contributed by atoms with van der Waals surface area (Å²) in [5.41, 5.74) is 0.874. The molecule has 1 unspecified atom stereocenters. The number of hydrogen-bond donors (Lipinski definition) is 2. The molecule has 6 heteroatoms. The molecule has 1 aromatic heterocycles. The molecule has 5 nitrogen and oxygen atoms in total. The van der Waals surface area contributed by atoms with Crippen LogP contribution >= 0.6 is 15.9 Å². The Morgan fingerprint density at radius 1 is 1.79 bits per heavy atom. The molecule has 2 N–H and O–H groups in total. The smallest absolute Gasteiger partial charge is 0.310 e. The fraction of sp³-hybridized carbons (Fsp3) is 0.500. The number of carbonyl (C=O) groups is 1. The standard InChI is InChI=1S/C8H10BrN3O2/c1-4-6(9)7-10-2-5(8(13)14)3-12(7)11-4/h5,10H,2-3H2,1H3,(H,13,14). The first-order valence-corrected chi connectivity index (χ1v) is 5.08. The van der Waals surface area contributed by atoms with Gasteiger partial charge in [0.2, 0.25) is 0 Å². The number of aryl methyl sites for hydroxylation is 1. The van der Waals surface area contributed by atoms with Crippen molar-refractivity contribution in [1.82, 2.24) is 9.78 Å². The molecule has 2 heterocycles. The highest BCUT2D eigenvalue weighted by atomic mass is 79.9. The summed E-state index contributed by atoms with van der Waals surface area (Å²) < 4.78 is 2.61. The van der Waals surface area contributed by atoms with Crippen LogP contribution in [0.2, 0.25) is 0 Å². The zero-order valence-corrected chi connectivity index (χ0v) is 9.21. The molecule has 0 amide bonds. The van der Waals surface area contributed by atoms with Crippen LogP contribution in [0.1, 0.15) is 5.69 Å². The van der Waals surface area contributed by atoms with Gasteiger partial charge in [-0.05, 0) is 22.9 Å². The number of carboxylic acids is 1. The van der Waals surface area contributed by atoms with Crippen LogP contribution in [0.5, 0.6) is 0 Å². The SMILES string of the molecule is Cc1nn2c(c1Br)NCC(C(=O)O)C2. The molecule has 1 atom stereocenters. The van der Waals surface area contributed by atoms with Crippen molar-refractivity contribution in [3.8, 4) is 0 Å². The second-order valence-corrected chi connectivity index (χ2v) is 4.14. The Balaban J connectivity index is 2.31. The van der Waals surface area contributed by atoms with E-state index in [4.69, 9.17) is 5.11 Å². The zero-order chi connectivity index (χ0) is 10.3. The lowest BCUT2D eigenvalue weighted by Gasteiger charge is -2.21. The largest absolute Gasteiger partial charge is 0.481 e. The lowest BCUT2D eigenvalue weighted by atomic mass is 10.1. The Kier molecular flexibility index (Phi) is 2.22. The second kappa shape index (κ2) is 3.27. The number of aliphatic carboxylic acids is 1. The van der Waals surface area contributed by atoms with Crippen LogP contribution in [-0.2, 0) is 11.3 Å². The van der Waals surface area contributed by atoms with Crippen molar-refractivity contribution >= 4 is 27.7 Å². The maximum absolute atomic E-state index is 10.8. The van der Waals surface area contributed by atoms with Crippen LogP contribution in [0.25, 0.3) is 0 Å². The maximum Gasteiger partial charge on any atom is 0.310 e. The molecule has 0 aliphatic carbocycles. The third kappa shape index (κ3) is 1.39. The summed E-state index contributed by atoms with van der Waals surface area (Å²) in [6.07, 6.45) is 0. The zero-order valence-electron chi connectivity index (χ0n) is 7.62. The number of nitrogens with one attached hydrogen (secondary N) is 1. The Morgan fingerprint density at radius 2 is 2.50 bits per heavy atom. The van der Waals surface area contributed by atoms with E-state index in [1.165, 1.54) is 0 Å². The van der Waals surface area contributed by atoms with Gasteiger partial charge >= 0.3 is 5.97 Å². The van der Waals surface area contributed by atoms with Gasteiger partial charge in [-0.2, -0.15) is 5.10 Å². The lowest BCUT2D eigenvalue weighted by molar-refractivity contribution is -0.141. The third-order valence-corrected chi connectivity index (χ3v) is 3.26. The summed E-state index contributed by atoms with van der Waals surface area (Å²) in [7, 11) is 0. The van der Waals surface area contributed by atoms with E-state index >= 15 is 0 Å². The van der Waals surface area contributed by atoms with E-state index in [0.717, 1.165) is 16.0 Å². The average molecular weight is 260 g/mol. The van der Waals surface area contributed by atoms with Gasteiger partial charge in [-0.1, -0.05) is 0 Å². The molecule has 1 aliphatic rings. The van der Waals surface area contributed by atoms with Crippen molar-refractivity contribution in [2.45, 2.75) is 13.5 Å². The first-order valence-electron chi connectivity index (χ1n) is 4.29. The summed E-state index contributed by atoms with van der Waals surface area (Å²) in [5, 5.41) is 16.1. The Bertz CT molecular complexity index is 388. The molecule has 0 spiro atoms. The topological polar surface area (TPSA) is 67.2 Å². The Labute approximate surface area is 89.2 Å². The highest BCUT2D eigenvalue weighted by molar-refractivity contribution is 9.10. The Hall–Kier alpha value is -1.04. The fourth-order valence-electron chi connectivity index (χ4n) is 1.52. The van der Waals surface area contributed by atoms with E-state index in [-0.39, 0.29) is 0 Å². The number of rotatable bonds is 1. The first kappa shape index (κ1) is 9.51. The van der Waals surface area contributed by atoms with Crippen molar-refractivity contribution in [3.05, 3.63) is 10.2 Å². The third-order valence-electron chi connectivity index (χ3n) is 2.31. The van der Waals surface area contributed by atoms with E-state index in [1.54, 1.807) is 4.68 Å². The monoisotopic (exact) mass is 259 g/mol. The molecular formula is C8H10BrN3O2. The van der Waals surface area contributed by atoms with Crippen molar-refractivity contribution in [1.29, 1.82) is 0 Å². The molecule has 0 bridgehead atoms. The molecule has 1 aromatic rings. The highest BCUT2D eigenvalue weighted by Gasteiger charge is 2.26. The van der Waals surface area contributed by atoms with Gasteiger partial charge in [0, 0.05) is 6.54 Å². The minimum absolute atomic E-state index is 0.395. The molecule has 0 saturated heterocycles. The van der Waals surface area contributed by atoms with E-state index in [0.29, 0.717) is 13.1 Å². The number of hydrogen-bond acceptors (Lipinski definition) is 3. The molecule has 0 aromatic carbocycles. The summed E-state index contributed by atoms with van der Waals surface area (Å²) in [6.45, 7) is 2.77. The first-order chi connectivity index (χ1) is 6.59. The van der Waals surface area contributed by atoms with Crippen LogP contribution in [0.15, 0.2) is 4.47 Å². The average Bonchev–Trinajstić information content (AvgIpc) is 2.42. The van der Waals surface area contributed by atoms with Crippen LogP contribution < -0.4 is 5.32 Å². The number of fused-ring (bicyclic) bond motifs is 1. The number of anilines is 1. The molecule has 76 valence electrons. The fourth-order valence-corrected chi connectivity index (χ4v) is 1.94. The van der Waals surface area contributed by atoms with Crippen molar-refractivity contribution < 1.29 is 9.90 Å². The van der Waals surface area contributed by atoms with E-state index < -0.39 is 11.9 Å². The van der Waals surface area contributed by atoms with Gasteiger partial charge in [0.25, 0.3) is 0 Å². The maximum atomic E-state index is 10.8. The lowest BCUT2D eigenvalue weighted by Crippen LogP contribution is -2.33. The van der Waals surface area contributed by atoms with Gasteiger partial charge in [-0.25, -0.2) is 4.68 Å². The Morgan fingerprint density at radius 3 is 3.14 bits per heavy atom. The van der Waals surface area contributed by atoms with Crippen molar-refractivity contribution in [2.75, 3.05) is 11.9 Å². The number of nitrogens with zero attached hydrogens (tertiary/aromatic N) is 2. The molecule has 0 saturated carbocycles. The van der Waals surface area contributed by atoms with E-state index in [9.17, 15) is 4.79 Å². The molecule has 0 fully saturated rings. The number of aromatic nitrogens is 2. The summed E-state index contributed by atoms with van der Waals surface area (Å²) >= 11 is 3.40. The van der Waals surface area contributed by atoms with Gasteiger partial charge in [-0.3, -0.25) is 4.79 Å². The predicted octanol–water partition coefficient (Wildman–Crippen LogP) is 1.08. The van der Waals surface area contributed by atoms with Crippen LogP contribution in [0.3, 0.4) is 0 Å². The van der Waals surface area contributed by atoms with Crippen LogP contribution in [0.4, 0.5) is 5.82 Å². The van der Waals surface area contributed by atoms with Crippen LogP contribution in [-0.4, -0.2) is 27.4 Å². The minimum Gasteiger partial charge on any atom is -0.481 e. The van der Waals surface area contributed by atoms with E-state index in [2.05, 4.69) is 26.3 Å². The highest BCUT2D eigenvalue weighted by Crippen LogP contribution is 2.29. The molecule has 14 heavy (non-hydrogen) atoms. The normalized spacial score (nSPS) is 20.0. The summed E-state index contributed by atoms with van der Waals surface area (Å²) in [4.78, 5) is 10.8.